The number of nitrogens with one attached hydrogen (secondary N) is 1. The Morgan fingerprint density at radius 1 is 1.31 bits per heavy atom. The molecule has 1 atom stereocenters. The third-order valence-corrected chi connectivity index (χ3v) is 4.67. The molecule has 0 unspecified atom stereocenters. The van der Waals surface area contributed by atoms with Crippen molar-refractivity contribution in [3.8, 4) is 0 Å². The number of amides is 1. The normalized spacial score (nSPS) is 17.1. The number of carbonyl (C=O) groups excluding carboxylic acids is 1. The van der Waals surface area contributed by atoms with E-state index in [1.54, 1.807) is 19.0 Å². The average molecular weight is 375 g/mol. The van der Waals surface area contributed by atoms with Crippen LogP contribution < -0.4 is 9.80 Å². The summed E-state index contributed by atoms with van der Waals surface area (Å²) >= 11 is 0. The lowest BCUT2D eigenvalue weighted by Crippen LogP contribution is -3.19. The second-order valence-corrected chi connectivity index (χ2v) is 6.56. The Kier molecular flexibility index (Phi) is 5.74. The summed E-state index contributed by atoms with van der Waals surface area (Å²) in [7, 11) is 3.36. The second kappa shape index (κ2) is 7.48. The van der Waals surface area contributed by atoms with E-state index in [0.717, 1.165) is 17.0 Å². The van der Waals surface area contributed by atoms with Gasteiger partial charge in [-0.3, -0.25) is 14.9 Å². The molecule has 1 aliphatic heterocycles. The number of quaternary nitrogens is 1. The maximum atomic E-state index is 12.8. The van der Waals surface area contributed by atoms with E-state index < -0.39 is 22.4 Å². The highest BCUT2D eigenvalue weighted by molar-refractivity contribution is 5.79. The number of hydrogen-bond acceptors (Lipinski definition) is 4. The molecule has 2 rings (SSSR count). The Bertz CT molecular complexity index is 686. The first-order chi connectivity index (χ1) is 12.0. The van der Waals surface area contributed by atoms with Gasteiger partial charge in [0.15, 0.2) is 6.04 Å². The van der Waals surface area contributed by atoms with E-state index in [4.69, 9.17) is 0 Å². The number of halogens is 3. The van der Waals surface area contributed by atoms with Gasteiger partial charge in [-0.05, 0) is 19.1 Å². The third kappa shape index (κ3) is 4.24. The minimum Gasteiger partial charge on any atom is -0.355 e. The van der Waals surface area contributed by atoms with Crippen LogP contribution in [-0.2, 0) is 11.0 Å². The van der Waals surface area contributed by atoms with Crippen LogP contribution in [0.2, 0.25) is 0 Å². The van der Waals surface area contributed by atoms with E-state index >= 15 is 0 Å². The van der Waals surface area contributed by atoms with Gasteiger partial charge in [0.05, 0.1) is 36.7 Å². The number of piperazine rings is 1. The number of alkyl halides is 3. The molecule has 144 valence electrons. The lowest BCUT2D eigenvalue weighted by Gasteiger charge is -2.36. The van der Waals surface area contributed by atoms with E-state index in [1.165, 1.54) is 4.90 Å². The molecule has 1 aliphatic rings. The van der Waals surface area contributed by atoms with Gasteiger partial charge in [-0.1, -0.05) is 0 Å². The minimum absolute atomic E-state index is 0.00559. The number of likely N-dealkylation sites (N-methyl/N-ethyl adjacent to an activating group) is 1. The fourth-order valence-electron chi connectivity index (χ4n) is 3.14. The van der Waals surface area contributed by atoms with Gasteiger partial charge in [0, 0.05) is 20.2 Å². The number of hydrogen-bond donors (Lipinski definition) is 1. The maximum Gasteiger partial charge on any atom is 0.416 e. The van der Waals surface area contributed by atoms with Crippen molar-refractivity contribution in [2.24, 2.45) is 0 Å². The van der Waals surface area contributed by atoms with Gasteiger partial charge in [0.1, 0.15) is 5.69 Å². The summed E-state index contributed by atoms with van der Waals surface area (Å²) in [6.07, 6.45) is -4.63. The molecule has 10 heteroatoms. The lowest BCUT2D eigenvalue weighted by molar-refractivity contribution is -0.915. The van der Waals surface area contributed by atoms with E-state index in [2.05, 4.69) is 0 Å². The number of rotatable bonds is 4. The molecule has 0 spiro atoms. The summed E-state index contributed by atoms with van der Waals surface area (Å²) < 4.78 is 38.4. The highest BCUT2D eigenvalue weighted by Crippen LogP contribution is 2.36. The summed E-state index contributed by atoms with van der Waals surface area (Å²) in [6, 6.07) is 2.35. The van der Waals surface area contributed by atoms with Crippen LogP contribution in [0.4, 0.5) is 24.5 Å². The molecular weight excluding hydrogens is 353 g/mol. The first kappa shape index (κ1) is 20.0. The van der Waals surface area contributed by atoms with Crippen molar-refractivity contribution in [2.75, 3.05) is 45.2 Å². The van der Waals surface area contributed by atoms with Crippen molar-refractivity contribution < 1.29 is 27.8 Å². The highest BCUT2D eigenvalue weighted by atomic mass is 19.4. The standard InChI is InChI=1S/C16H21F3N4O3/c1-11(15(24)20(2)3)21-6-8-22(9-7-21)13-5-4-12(16(17,18)19)10-14(13)23(25)26/h4-5,10-11H,6-9H2,1-3H3/p+1/t11-/m0/s1. The maximum absolute atomic E-state index is 12.8. The molecule has 0 aromatic heterocycles. The molecule has 0 bridgehead atoms. The van der Waals surface area contributed by atoms with Crippen molar-refractivity contribution in [2.45, 2.75) is 19.1 Å². The van der Waals surface area contributed by atoms with Crippen molar-refractivity contribution in [1.29, 1.82) is 0 Å². The fourth-order valence-corrected chi connectivity index (χ4v) is 3.14. The molecule has 1 heterocycles. The number of benzene rings is 1. The monoisotopic (exact) mass is 375 g/mol. The zero-order valence-electron chi connectivity index (χ0n) is 14.8. The number of nitro groups is 1. The molecule has 0 radical (unpaired) electrons. The van der Waals surface area contributed by atoms with Crippen LogP contribution in [0.1, 0.15) is 12.5 Å². The van der Waals surface area contributed by atoms with Crippen LogP contribution in [0.5, 0.6) is 0 Å². The van der Waals surface area contributed by atoms with Gasteiger partial charge in [0.2, 0.25) is 0 Å². The predicted molar refractivity (Wildman–Crippen MR) is 89.2 cm³/mol. The molecule has 0 aliphatic carbocycles. The SMILES string of the molecule is C[C@@H](C(=O)N(C)C)[NH+]1CCN(c2ccc(C(F)(F)F)cc2[N+](=O)[O-])CC1. The summed E-state index contributed by atoms with van der Waals surface area (Å²) in [5.41, 5.74) is -1.42. The molecule has 1 fully saturated rings. The Labute approximate surface area is 149 Å². The molecular formula is C16H22F3N4O3+. The Balaban J connectivity index is 2.16. The van der Waals surface area contributed by atoms with Crippen LogP contribution in [0.15, 0.2) is 18.2 Å². The van der Waals surface area contributed by atoms with Crippen molar-refractivity contribution in [1.82, 2.24) is 4.90 Å². The molecule has 0 saturated carbocycles. The van der Waals surface area contributed by atoms with Crippen molar-refractivity contribution >= 4 is 17.3 Å². The zero-order chi connectivity index (χ0) is 19.6. The van der Waals surface area contributed by atoms with Crippen LogP contribution in [0.25, 0.3) is 0 Å². The van der Waals surface area contributed by atoms with Crippen LogP contribution in [-0.4, -0.2) is 62.0 Å². The largest absolute Gasteiger partial charge is 0.416 e. The van der Waals surface area contributed by atoms with Gasteiger partial charge in [0.25, 0.3) is 11.6 Å². The van der Waals surface area contributed by atoms with Gasteiger partial charge in [-0.25, -0.2) is 0 Å². The summed E-state index contributed by atoms with van der Waals surface area (Å²) in [5.74, 6) is -0.00559. The number of nitrogens with zero attached hydrogens (tertiary/aromatic N) is 3. The minimum atomic E-state index is -4.63. The van der Waals surface area contributed by atoms with Crippen LogP contribution >= 0.6 is 0 Å². The van der Waals surface area contributed by atoms with E-state index in [-0.39, 0.29) is 17.6 Å². The topological polar surface area (TPSA) is 71.1 Å². The van der Waals surface area contributed by atoms with Gasteiger partial charge in [-0.15, -0.1) is 0 Å². The lowest BCUT2D eigenvalue weighted by atomic mass is 10.1. The molecule has 26 heavy (non-hydrogen) atoms. The number of nitro benzene ring substituents is 1. The quantitative estimate of drug-likeness (QED) is 0.624. The Morgan fingerprint density at radius 2 is 1.88 bits per heavy atom. The van der Waals surface area contributed by atoms with E-state index in [1.807, 2.05) is 6.92 Å². The molecule has 1 aromatic carbocycles. The molecule has 1 N–H and O–H groups in total. The molecule has 7 nitrogen and oxygen atoms in total. The summed E-state index contributed by atoms with van der Waals surface area (Å²) in [5, 5.41) is 11.2. The first-order valence-electron chi connectivity index (χ1n) is 8.18. The van der Waals surface area contributed by atoms with Gasteiger partial charge in [-0.2, -0.15) is 13.2 Å². The molecule has 1 aromatic rings. The predicted octanol–water partition coefficient (Wildman–Crippen LogP) is 0.795. The summed E-state index contributed by atoms with van der Waals surface area (Å²) in [4.78, 5) is 26.8. The van der Waals surface area contributed by atoms with E-state index in [0.29, 0.717) is 32.2 Å². The Hall–Kier alpha value is -2.36. The third-order valence-electron chi connectivity index (χ3n) is 4.67. The fraction of sp³-hybridized carbons (Fsp3) is 0.562. The molecule has 1 saturated heterocycles. The smallest absolute Gasteiger partial charge is 0.355 e. The molecule has 1 amide bonds. The summed E-state index contributed by atoms with van der Waals surface area (Å²) in [6.45, 7) is 3.81. The number of anilines is 1. The van der Waals surface area contributed by atoms with Crippen molar-refractivity contribution in [3.63, 3.8) is 0 Å². The van der Waals surface area contributed by atoms with Crippen molar-refractivity contribution in [3.05, 3.63) is 33.9 Å². The van der Waals surface area contributed by atoms with E-state index in [9.17, 15) is 28.1 Å². The zero-order valence-corrected chi connectivity index (χ0v) is 14.8. The first-order valence-corrected chi connectivity index (χ1v) is 8.18. The van der Waals surface area contributed by atoms with Crippen LogP contribution in [0.3, 0.4) is 0 Å². The highest BCUT2D eigenvalue weighted by Gasteiger charge is 2.35. The van der Waals surface area contributed by atoms with Gasteiger partial charge < -0.3 is 14.7 Å². The average Bonchev–Trinajstić information content (AvgIpc) is 2.59. The van der Waals surface area contributed by atoms with Crippen LogP contribution in [0, 0.1) is 10.1 Å². The van der Waals surface area contributed by atoms with Gasteiger partial charge >= 0.3 is 6.18 Å². The second-order valence-electron chi connectivity index (χ2n) is 6.56. The Morgan fingerprint density at radius 3 is 2.35 bits per heavy atom. The number of carbonyl (C=O) groups is 1.